The molecule has 17 heavy (non-hydrogen) atoms. The van der Waals surface area contributed by atoms with E-state index in [9.17, 15) is 9.59 Å². The first-order chi connectivity index (χ1) is 8.02. The van der Waals surface area contributed by atoms with Crippen LogP contribution in [0.5, 0.6) is 0 Å². The number of likely N-dealkylation sites (tertiary alicyclic amines) is 1. The molecular formula is C11H20ClN3O2. The number of likely N-dealkylation sites (N-methyl/N-ethyl adjacent to an activating group) is 1. The Balaban J connectivity index is 2.19. The van der Waals surface area contributed by atoms with Gasteiger partial charge in [0.15, 0.2) is 0 Å². The first kappa shape index (κ1) is 14.3. The van der Waals surface area contributed by atoms with Crippen molar-refractivity contribution in [2.45, 2.75) is 6.42 Å². The highest BCUT2D eigenvalue weighted by Gasteiger charge is 2.20. The average molecular weight is 262 g/mol. The smallest absolute Gasteiger partial charge is 0.239 e. The molecule has 1 aliphatic heterocycles. The molecule has 0 saturated carbocycles. The van der Waals surface area contributed by atoms with Crippen LogP contribution in [0, 0.1) is 5.92 Å². The van der Waals surface area contributed by atoms with Gasteiger partial charge in [-0.3, -0.25) is 9.59 Å². The molecule has 0 aliphatic carbocycles. The van der Waals surface area contributed by atoms with Crippen LogP contribution in [0.1, 0.15) is 6.42 Å². The maximum atomic E-state index is 11.6. The van der Waals surface area contributed by atoms with Crippen molar-refractivity contribution in [3.63, 3.8) is 0 Å². The summed E-state index contributed by atoms with van der Waals surface area (Å²) in [4.78, 5) is 26.3. The van der Waals surface area contributed by atoms with Gasteiger partial charge in [-0.25, -0.2) is 0 Å². The number of nitrogens with zero attached hydrogens (tertiary/aromatic N) is 2. The van der Waals surface area contributed by atoms with E-state index in [4.69, 9.17) is 11.6 Å². The molecule has 1 N–H and O–H groups in total. The van der Waals surface area contributed by atoms with Gasteiger partial charge in [-0.15, -0.1) is 11.6 Å². The summed E-state index contributed by atoms with van der Waals surface area (Å²) in [5.41, 5.74) is 0. The zero-order chi connectivity index (χ0) is 12.8. The minimum atomic E-state index is -0.234. The van der Waals surface area contributed by atoms with Gasteiger partial charge in [0.25, 0.3) is 0 Å². The number of hydrogen-bond donors (Lipinski definition) is 1. The van der Waals surface area contributed by atoms with E-state index in [-0.39, 0.29) is 24.2 Å². The van der Waals surface area contributed by atoms with Gasteiger partial charge in [-0.2, -0.15) is 0 Å². The summed E-state index contributed by atoms with van der Waals surface area (Å²) in [5, 5.41) is 2.85. The summed E-state index contributed by atoms with van der Waals surface area (Å²) >= 11 is 5.40. The molecule has 1 saturated heterocycles. The van der Waals surface area contributed by atoms with E-state index >= 15 is 0 Å². The van der Waals surface area contributed by atoms with Crippen LogP contribution in [0.3, 0.4) is 0 Å². The third kappa shape index (κ3) is 4.91. The first-order valence-corrected chi connectivity index (χ1v) is 6.31. The van der Waals surface area contributed by atoms with E-state index in [2.05, 4.69) is 17.3 Å². The third-order valence-corrected chi connectivity index (χ3v) is 3.23. The zero-order valence-electron chi connectivity index (χ0n) is 10.4. The Kier molecular flexibility index (Phi) is 5.71. The molecule has 1 atom stereocenters. The lowest BCUT2D eigenvalue weighted by molar-refractivity contribution is -0.132. The maximum Gasteiger partial charge on any atom is 0.239 e. The van der Waals surface area contributed by atoms with Crippen molar-refractivity contribution in [1.29, 1.82) is 0 Å². The van der Waals surface area contributed by atoms with Crippen LogP contribution < -0.4 is 5.32 Å². The SMILES string of the molecule is CN1CCC(CNC(=O)CN(C)C(=O)CCl)C1. The molecule has 0 spiro atoms. The largest absolute Gasteiger partial charge is 0.354 e. The van der Waals surface area contributed by atoms with Crippen LogP contribution in [-0.4, -0.2) is 67.8 Å². The Morgan fingerprint density at radius 3 is 2.76 bits per heavy atom. The number of amides is 2. The molecule has 1 aliphatic rings. The number of carbonyl (C=O) groups excluding carboxylic acids is 2. The van der Waals surface area contributed by atoms with Gasteiger partial charge in [0.05, 0.1) is 6.54 Å². The molecule has 0 aromatic rings. The van der Waals surface area contributed by atoms with Crippen molar-refractivity contribution in [2.75, 3.05) is 46.2 Å². The van der Waals surface area contributed by atoms with Gasteiger partial charge in [-0.05, 0) is 25.9 Å². The summed E-state index contributed by atoms with van der Waals surface area (Å²) < 4.78 is 0. The molecule has 6 heteroatoms. The number of rotatable bonds is 5. The molecule has 0 bridgehead atoms. The van der Waals surface area contributed by atoms with E-state index in [0.717, 1.165) is 19.5 Å². The molecule has 98 valence electrons. The Morgan fingerprint density at radius 1 is 1.53 bits per heavy atom. The molecule has 0 radical (unpaired) electrons. The van der Waals surface area contributed by atoms with E-state index in [1.54, 1.807) is 7.05 Å². The molecule has 0 aromatic heterocycles. The number of nitrogens with one attached hydrogen (secondary N) is 1. The van der Waals surface area contributed by atoms with Gasteiger partial charge < -0.3 is 15.1 Å². The van der Waals surface area contributed by atoms with Crippen LogP contribution in [0.15, 0.2) is 0 Å². The van der Waals surface area contributed by atoms with Crippen LogP contribution in [0.2, 0.25) is 0 Å². The maximum absolute atomic E-state index is 11.6. The quantitative estimate of drug-likeness (QED) is 0.695. The van der Waals surface area contributed by atoms with Crippen molar-refractivity contribution >= 4 is 23.4 Å². The fourth-order valence-electron chi connectivity index (χ4n) is 1.91. The minimum absolute atomic E-state index is 0.0775. The lowest BCUT2D eigenvalue weighted by Crippen LogP contribution is -2.40. The standard InChI is InChI=1S/C11H20ClN3O2/c1-14-4-3-9(7-14)6-13-10(16)8-15(2)11(17)5-12/h9H,3-8H2,1-2H3,(H,13,16). The minimum Gasteiger partial charge on any atom is -0.354 e. The van der Waals surface area contributed by atoms with E-state index in [1.165, 1.54) is 4.90 Å². The highest BCUT2D eigenvalue weighted by atomic mass is 35.5. The summed E-state index contributed by atoms with van der Waals surface area (Å²) in [6, 6.07) is 0. The molecule has 1 rings (SSSR count). The Labute approximate surface area is 107 Å². The van der Waals surface area contributed by atoms with Gasteiger partial charge in [0.1, 0.15) is 5.88 Å². The Hall–Kier alpha value is -0.810. The normalized spacial score (nSPS) is 20.3. The highest BCUT2D eigenvalue weighted by Crippen LogP contribution is 2.12. The van der Waals surface area contributed by atoms with Crippen molar-refractivity contribution < 1.29 is 9.59 Å². The second kappa shape index (κ2) is 6.81. The van der Waals surface area contributed by atoms with Crippen LogP contribution in [-0.2, 0) is 9.59 Å². The number of halogens is 1. The van der Waals surface area contributed by atoms with Crippen molar-refractivity contribution in [2.24, 2.45) is 5.92 Å². The van der Waals surface area contributed by atoms with Crippen LogP contribution in [0.4, 0.5) is 0 Å². The van der Waals surface area contributed by atoms with Gasteiger partial charge in [-0.1, -0.05) is 0 Å². The Morgan fingerprint density at radius 2 is 2.24 bits per heavy atom. The topological polar surface area (TPSA) is 52.7 Å². The van der Waals surface area contributed by atoms with Crippen LogP contribution in [0.25, 0.3) is 0 Å². The lowest BCUT2D eigenvalue weighted by atomic mass is 10.1. The predicted octanol–water partition coefficient (Wildman–Crippen LogP) is -0.248. The first-order valence-electron chi connectivity index (χ1n) is 5.78. The molecule has 1 fully saturated rings. The summed E-state index contributed by atoms with van der Waals surface area (Å²) in [5.74, 6) is 0.0814. The van der Waals surface area contributed by atoms with E-state index in [1.807, 2.05) is 0 Å². The summed E-state index contributed by atoms with van der Waals surface area (Å²) in [6.07, 6.45) is 1.12. The highest BCUT2D eigenvalue weighted by molar-refractivity contribution is 6.27. The molecule has 5 nitrogen and oxygen atoms in total. The second-order valence-electron chi connectivity index (χ2n) is 4.60. The molecule has 0 aromatic carbocycles. The van der Waals surface area contributed by atoms with Gasteiger partial charge in [0, 0.05) is 20.1 Å². The predicted molar refractivity (Wildman–Crippen MR) is 67.0 cm³/mol. The number of alkyl halides is 1. The molecule has 1 unspecified atom stereocenters. The summed E-state index contributed by atoms with van der Waals surface area (Å²) in [7, 11) is 3.66. The van der Waals surface area contributed by atoms with Gasteiger partial charge in [0.2, 0.25) is 11.8 Å². The fourth-order valence-corrected chi connectivity index (χ4v) is 2.12. The molecular weight excluding hydrogens is 242 g/mol. The summed E-state index contributed by atoms with van der Waals surface area (Å²) in [6.45, 7) is 2.88. The van der Waals surface area contributed by atoms with E-state index < -0.39 is 0 Å². The van der Waals surface area contributed by atoms with Gasteiger partial charge >= 0.3 is 0 Å². The molecule has 1 heterocycles. The monoisotopic (exact) mass is 261 g/mol. The zero-order valence-corrected chi connectivity index (χ0v) is 11.2. The van der Waals surface area contributed by atoms with E-state index in [0.29, 0.717) is 12.5 Å². The third-order valence-electron chi connectivity index (χ3n) is 3.00. The van der Waals surface area contributed by atoms with Crippen LogP contribution >= 0.6 is 11.6 Å². The van der Waals surface area contributed by atoms with Crippen molar-refractivity contribution in [3.05, 3.63) is 0 Å². The average Bonchev–Trinajstić information content (AvgIpc) is 2.71. The number of hydrogen-bond acceptors (Lipinski definition) is 3. The van der Waals surface area contributed by atoms with Crippen molar-refractivity contribution in [3.8, 4) is 0 Å². The lowest BCUT2D eigenvalue weighted by Gasteiger charge is -2.16. The van der Waals surface area contributed by atoms with Crippen molar-refractivity contribution in [1.82, 2.24) is 15.1 Å². The molecule has 2 amide bonds. The Bertz CT molecular complexity index is 286. The fraction of sp³-hybridized carbons (Fsp3) is 0.818. The number of carbonyl (C=O) groups is 2. The second-order valence-corrected chi connectivity index (χ2v) is 4.87.